The molecule has 8 heteroatoms. The number of benzene rings is 2. The van der Waals surface area contributed by atoms with E-state index in [2.05, 4.69) is 10.3 Å². The second-order valence-electron chi connectivity index (χ2n) is 7.60. The summed E-state index contributed by atoms with van der Waals surface area (Å²) in [6.45, 7) is 5.79. The van der Waals surface area contributed by atoms with Gasteiger partial charge in [0, 0.05) is 11.9 Å². The molecule has 2 heterocycles. The van der Waals surface area contributed by atoms with Crippen molar-refractivity contribution in [3.05, 3.63) is 82.5 Å². The number of aryl methyl sites for hydroxylation is 1. The number of anilines is 1. The fourth-order valence-electron chi connectivity index (χ4n) is 3.63. The molecule has 2 aromatic carbocycles. The monoisotopic (exact) mass is 463 g/mol. The van der Waals surface area contributed by atoms with Crippen molar-refractivity contribution in [3.8, 4) is 5.75 Å². The van der Waals surface area contributed by atoms with E-state index in [0.717, 1.165) is 22.0 Å². The largest absolute Gasteiger partial charge is 0.484 e. The lowest BCUT2D eigenvalue weighted by Gasteiger charge is -2.33. The summed E-state index contributed by atoms with van der Waals surface area (Å²) in [6.07, 6.45) is 1.92. The number of fused-ring (bicyclic) bond motifs is 1. The summed E-state index contributed by atoms with van der Waals surface area (Å²) in [5, 5.41) is 5.57. The highest BCUT2D eigenvalue weighted by Gasteiger charge is 2.37. The zero-order valence-electron chi connectivity index (χ0n) is 18.7. The molecule has 0 spiro atoms. The van der Waals surface area contributed by atoms with Gasteiger partial charge >= 0.3 is 5.97 Å². The first-order chi connectivity index (χ1) is 16.0. The summed E-state index contributed by atoms with van der Waals surface area (Å²) in [4.78, 5) is 31.4. The minimum absolute atomic E-state index is 0.105. The molecule has 33 heavy (non-hydrogen) atoms. The van der Waals surface area contributed by atoms with Gasteiger partial charge in [0.25, 0.3) is 5.91 Å². The molecule has 0 fully saturated rings. The predicted octanol–water partition coefficient (Wildman–Crippen LogP) is 4.78. The predicted molar refractivity (Wildman–Crippen MR) is 130 cm³/mol. The third kappa shape index (κ3) is 5.12. The molecule has 0 radical (unpaired) electrons. The van der Waals surface area contributed by atoms with Crippen LogP contribution in [0.1, 0.15) is 31.0 Å². The smallest absolute Gasteiger partial charge is 0.338 e. The average Bonchev–Trinajstić information content (AvgIpc) is 3.27. The molecule has 2 aliphatic rings. The Labute approximate surface area is 197 Å². The average molecular weight is 464 g/mol. The number of nitrogens with one attached hydrogen (secondary N) is 1. The molecule has 0 unspecified atom stereocenters. The van der Waals surface area contributed by atoms with E-state index < -0.39 is 0 Å². The van der Waals surface area contributed by atoms with Crippen molar-refractivity contribution in [2.24, 2.45) is 4.99 Å². The van der Waals surface area contributed by atoms with Crippen LogP contribution >= 0.6 is 11.8 Å². The van der Waals surface area contributed by atoms with Crippen LogP contribution in [0.15, 0.2) is 76.4 Å². The van der Waals surface area contributed by atoms with E-state index in [1.54, 1.807) is 19.1 Å². The van der Waals surface area contributed by atoms with Crippen molar-refractivity contribution in [1.29, 1.82) is 0 Å². The molecule has 2 aliphatic heterocycles. The van der Waals surface area contributed by atoms with Gasteiger partial charge in [-0.3, -0.25) is 4.79 Å². The Morgan fingerprint density at radius 3 is 2.52 bits per heavy atom. The van der Waals surface area contributed by atoms with E-state index in [0.29, 0.717) is 23.6 Å². The highest BCUT2D eigenvalue weighted by molar-refractivity contribution is 8.16. The fraction of sp³-hybridized carbons (Fsp3) is 0.240. The number of amides is 1. The van der Waals surface area contributed by atoms with E-state index in [-0.39, 0.29) is 24.5 Å². The maximum absolute atomic E-state index is 12.7. The van der Waals surface area contributed by atoms with Gasteiger partial charge in [0.2, 0.25) is 0 Å². The number of hydrogen-bond acceptors (Lipinski definition) is 7. The van der Waals surface area contributed by atoms with Gasteiger partial charge in [0.05, 0.1) is 23.9 Å². The summed E-state index contributed by atoms with van der Waals surface area (Å²) in [5.74, 6) is -0.0492. The quantitative estimate of drug-likeness (QED) is 0.595. The minimum Gasteiger partial charge on any atom is -0.484 e. The second kappa shape index (κ2) is 9.95. The SMILES string of the molecule is CCOC(=O)C1=C(C)N=C2SC=CN2[C@@H]1c1ccc(OCC(=O)Nc2ccc(C)cc2)cc1. The molecule has 1 amide bonds. The molecule has 0 saturated carbocycles. The Bertz CT molecular complexity index is 1140. The first-order valence-corrected chi connectivity index (χ1v) is 11.5. The minimum atomic E-state index is -0.374. The Kier molecular flexibility index (Phi) is 6.84. The van der Waals surface area contributed by atoms with Gasteiger partial charge in [-0.2, -0.15) is 0 Å². The lowest BCUT2D eigenvalue weighted by Crippen LogP contribution is -2.34. The molecule has 0 aliphatic carbocycles. The molecule has 7 nitrogen and oxygen atoms in total. The van der Waals surface area contributed by atoms with Crippen LogP contribution in [0.4, 0.5) is 5.69 Å². The topological polar surface area (TPSA) is 80.2 Å². The number of rotatable bonds is 7. The van der Waals surface area contributed by atoms with E-state index in [9.17, 15) is 9.59 Å². The first kappa shape index (κ1) is 22.7. The molecule has 2 aromatic rings. The van der Waals surface area contributed by atoms with Crippen LogP contribution < -0.4 is 10.1 Å². The number of carbonyl (C=O) groups is 2. The van der Waals surface area contributed by atoms with E-state index >= 15 is 0 Å². The summed E-state index contributed by atoms with van der Waals surface area (Å²) < 4.78 is 11.0. The van der Waals surface area contributed by atoms with Gasteiger partial charge in [0.1, 0.15) is 5.75 Å². The Morgan fingerprint density at radius 1 is 1.09 bits per heavy atom. The van der Waals surface area contributed by atoms with Crippen molar-refractivity contribution in [2.45, 2.75) is 26.8 Å². The van der Waals surface area contributed by atoms with Crippen LogP contribution in [0.25, 0.3) is 0 Å². The Hall–Kier alpha value is -3.52. The maximum atomic E-state index is 12.7. The van der Waals surface area contributed by atoms with Crippen LogP contribution in [0, 0.1) is 6.92 Å². The standard InChI is InChI=1S/C25H25N3O4S/c1-4-31-24(30)22-17(3)26-25-28(13-14-33-25)23(22)18-7-11-20(12-8-18)32-15-21(29)27-19-9-5-16(2)6-10-19/h5-14,23H,4,15H2,1-3H3,(H,27,29)/t23-/m1/s1. The van der Waals surface area contributed by atoms with Crippen LogP contribution in [0.2, 0.25) is 0 Å². The number of esters is 1. The lowest BCUT2D eigenvalue weighted by molar-refractivity contribution is -0.139. The summed E-state index contributed by atoms with van der Waals surface area (Å²) in [5.41, 5.74) is 3.91. The zero-order valence-corrected chi connectivity index (χ0v) is 19.5. The maximum Gasteiger partial charge on any atom is 0.338 e. The third-order valence-corrected chi connectivity index (χ3v) is 5.99. The number of hydrogen-bond donors (Lipinski definition) is 1. The van der Waals surface area contributed by atoms with Crippen molar-refractivity contribution in [3.63, 3.8) is 0 Å². The molecule has 4 rings (SSSR count). The van der Waals surface area contributed by atoms with Gasteiger partial charge < -0.3 is 19.7 Å². The molecule has 0 saturated heterocycles. The number of thioether (sulfide) groups is 1. The highest BCUT2D eigenvalue weighted by atomic mass is 32.2. The van der Waals surface area contributed by atoms with Crippen molar-refractivity contribution in [2.75, 3.05) is 18.5 Å². The number of amidine groups is 1. The summed E-state index contributed by atoms with van der Waals surface area (Å²) in [6, 6.07) is 14.6. The molecular formula is C25H25N3O4S. The molecule has 0 aromatic heterocycles. The normalized spacial score (nSPS) is 16.9. The number of allylic oxidation sites excluding steroid dienone is 1. The Balaban J connectivity index is 1.46. The molecule has 170 valence electrons. The zero-order chi connectivity index (χ0) is 23.4. The Morgan fingerprint density at radius 2 is 1.82 bits per heavy atom. The molecular weight excluding hydrogens is 438 g/mol. The second-order valence-corrected chi connectivity index (χ2v) is 8.47. The summed E-state index contributed by atoms with van der Waals surface area (Å²) in [7, 11) is 0. The first-order valence-electron chi connectivity index (χ1n) is 10.6. The fourth-order valence-corrected chi connectivity index (χ4v) is 4.42. The van der Waals surface area contributed by atoms with Crippen LogP contribution in [-0.2, 0) is 14.3 Å². The number of nitrogens with zero attached hydrogens (tertiary/aromatic N) is 2. The molecule has 1 N–H and O–H groups in total. The number of carbonyl (C=O) groups excluding carboxylic acids is 2. The number of aliphatic imine (C=N–C) groups is 1. The van der Waals surface area contributed by atoms with Crippen LogP contribution in [0.3, 0.4) is 0 Å². The lowest BCUT2D eigenvalue weighted by atomic mass is 9.95. The van der Waals surface area contributed by atoms with Crippen molar-refractivity contribution >= 4 is 34.5 Å². The summed E-state index contributed by atoms with van der Waals surface area (Å²) >= 11 is 1.51. The highest BCUT2D eigenvalue weighted by Crippen LogP contribution is 2.41. The van der Waals surface area contributed by atoms with Gasteiger partial charge in [-0.15, -0.1) is 0 Å². The van der Waals surface area contributed by atoms with Crippen LogP contribution in [0.5, 0.6) is 5.75 Å². The van der Waals surface area contributed by atoms with Crippen molar-refractivity contribution in [1.82, 2.24) is 4.90 Å². The van der Waals surface area contributed by atoms with Gasteiger partial charge in [-0.25, -0.2) is 9.79 Å². The van der Waals surface area contributed by atoms with Gasteiger partial charge in [0.15, 0.2) is 11.8 Å². The van der Waals surface area contributed by atoms with Crippen LogP contribution in [-0.4, -0.2) is 35.2 Å². The van der Waals surface area contributed by atoms with E-state index in [1.807, 2.05) is 66.8 Å². The molecule has 0 bridgehead atoms. The van der Waals surface area contributed by atoms with E-state index in [1.165, 1.54) is 11.8 Å². The van der Waals surface area contributed by atoms with Gasteiger partial charge in [-0.05, 0) is 56.0 Å². The van der Waals surface area contributed by atoms with E-state index in [4.69, 9.17) is 9.47 Å². The van der Waals surface area contributed by atoms with Crippen molar-refractivity contribution < 1.29 is 19.1 Å². The number of ether oxygens (including phenoxy) is 2. The molecule has 1 atom stereocenters. The third-order valence-electron chi connectivity index (χ3n) is 5.22. The van der Waals surface area contributed by atoms with Gasteiger partial charge in [-0.1, -0.05) is 41.6 Å².